The van der Waals surface area contributed by atoms with Crippen LogP contribution in [0.5, 0.6) is 5.75 Å². The van der Waals surface area contributed by atoms with E-state index < -0.39 is 0 Å². The van der Waals surface area contributed by atoms with Crippen LogP contribution in [0.3, 0.4) is 0 Å². The summed E-state index contributed by atoms with van der Waals surface area (Å²) in [5.41, 5.74) is 3.28. The summed E-state index contributed by atoms with van der Waals surface area (Å²) in [6, 6.07) is 10.2. The van der Waals surface area contributed by atoms with Crippen molar-refractivity contribution in [3.8, 4) is 5.75 Å². The molecule has 0 aliphatic carbocycles. The number of hydrogen-bond donors (Lipinski definition) is 1. The summed E-state index contributed by atoms with van der Waals surface area (Å²) in [6.07, 6.45) is 3.71. The van der Waals surface area contributed by atoms with Crippen molar-refractivity contribution in [3.05, 3.63) is 48.3 Å². The summed E-state index contributed by atoms with van der Waals surface area (Å²) in [5.74, 6) is 0.912. The molecule has 0 unspecified atom stereocenters. The SMILES string of the molecule is CCNc1cncc(N(C)Cc2ccccc2OC)c1. The molecule has 1 aromatic heterocycles. The Morgan fingerprint density at radius 1 is 1.25 bits per heavy atom. The third-order valence-electron chi connectivity index (χ3n) is 3.15. The van der Waals surface area contributed by atoms with Crippen molar-refractivity contribution in [3.63, 3.8) is 0 Å². The van der Waals surface area contributed by atoms with E-state index in [-0.39, 0.29) is 0 Å². The number of benzene rings is 1. The standard InChI is InChI=1S/C16H21N3O/c1-4-18-14-9-15(11-17-10-14)19(2)12-13-7-5-6-8-16(13)20-3/h5-11,18H,4,12H2,1-3H3. The van der Waals surface area contributed by atoms with E-state index >= 15 is 0 Å². The van der Waals surface area contributed by atoms with Crippen molar-refractivity contribution in [2.75, 3.05) is 30.9 Å². The lowest BCUT2D eigenvalue weighted by molar-refractivity contribution is 0.409. The molecule has 1 N–H and O–H groups in total. The molecule has 0 saturated heterocycles. The van der Waals surface area contributed by atoms with Gasteiger partial charge in [-0.2, -0.15) is 0 Å². The molecule has 4 nitrogen and oxygen atoms in total. The highest BCUT2D eigenvalue weighted by atomic mass is 16.5. The molecule has 4 heteroatoms. The van der Waals surface area contributed by atoms with Crippen LogP contribution >= 0.6 is 0 Å². The first-order valence-corrected chi connectivity index (χ1v) is 6.76. The van der Waals surface area contributed by atoms with Crippen LogP contribution in [-0.4, -0.2) is 25.7 Å². The summed E-state index contributed by atoms with van der Waals surface area (Å²) in [4.78, 5) is 6.43. The molecule has 20 heavy (non-hydrogen) atoms. The molecule has 0 aliphatic heterocycles. The number of methoxy groups -OCH3 is 1. The monoisotopic (exact) mass is 271 g/mol. The third-order valence-corrected chi connectivity index (χ3v) is 3.15. The van der Waals surface area contributed by atoms with Gasteiger partial charge in [0, 0.05) is 25.7 Å². The van der Waals surface area contributed by atoms with Crippen molar-refractivity contribution in [2.45, 2.75) is 13.5 Å². The molecule has 0 bridgehead atoms. The minimum Gasteiger partial charge on any atom is -0.496 e. The molecule has 1 heterocycles. The molecule has 0 fully saturated rings. The fourth-order valence-corrected chi connectivity index (χ4v) is 2.12. The van der Waals surface area contributed by atoms with Crippen LogP contribution in [0.2, 0.25) is 0 Å². The smallest absolute Gasteiger partial charge is 0.123 e. The zero-order chi connectivity index (χ0) is 14.4. The Balaban J connectivity index is 2.15. The summed E-state index contributed by atoms with van der Waals surface area (Å²) in [6.45, 7) is 3.74. The van der Waals surface area contributed by atoms with Gasteiger partial charge in [0.25, 0.3) is 0 Å². The highest BCUT2D eigenvalue weighted by Gasteiger charge is 2.07. The first-order chi connectivity index (χ1) is 9.74. The molecule has 2 aromatic rings. The van der Waals surface area contributed by atoms with E-state index in [1.807, 2.05) is 30.6 Å². The van der Waals surface area contributed by atoms with E-state index in [0.717, 1.165) is 35.8 Å². The second-order valence-corrected chi connectivity index (χ2v) is 4.63. The second-order valence-electron chi connectivity index (χ2n) is 4.63. The molecule has 0 aliphatic rings. The Hall–Kier alpha value is -2.23. The molecular formula is C16H21N3O. The Morgan fingerprint density at radius 3 is 2.80 bits per heavy atom. The fourth-order valence-electron chi connectivity index (χ4n) is 2.12. The lowest BCUT2D eigenvalue weighted by Crippen LogP contribution is -2.17. The van der Waals surface area contributed by atoms with Crippen molar-refractivity contribution < 1.29 is 4.74 Å². The maximum Gasteiger partial charge on any atom is 0.123 e. The Morgan fingerprint density at radius 2 is 2.05 bits per heavy atom. The first-order valence-electron chi connectivity index (χ1n) is 6.76. The third kappa shape index (κ3) is 3.41. The van der Waals surface area contributed by atoms with Crippen LogP contribution in [-0.2, 0) is 6.54 Å². The zero-order valence-electron chi connectivity index (χ0n) is 12.3. The molecule has 2 rings (SSSR count). The normalized spacial score (nSPS) is 10.2. The lowest BCUT2D eigenvalue weighted by atomic mass is 10.2. The van der Waals surface area contributed by atoms with Gasteiger partial charge in [0.1, 0.15) is 5.75 Å². The van der Waals surface area contributed by atoms with Gasteiger partial charge in [-0.15, -0.1) is 0 Å². The summed E-state index contributed by atoms with van der Waals surface area (Å²) in [7, 11) is 3.76. The molecule has 1 aromatic carbocycles. The average Bonchev–Trinajstić information content (AvgIpc) is 2.48. The minimum absolute atomic E-state index is 0.779. The van der Waals surface area contributed by atoms with Crippen LogP contribution in [0.4, 0.5) is 11.4 Å². The van der Waals surface area contributed by atoms with Crippen LogP contribution in [0.15, 0.2) is 42.7 Å². The number of anilines is 2. The van der Waals surface area contributed by atoms with Crippen LogP contribution in [0.25, 0.3) is 0 Å². The summed E-state index contributed by atoms with van der Waals surface area (Å²) >= 11 is 0. The van der Waals surface area contributed by atoms with Gasteiger partial charge in [0.15, 0.2) is 0 Å². The van der Waals surface area contributed by atoms with Crippen molar-refractivity contribution >= 4 is 11.4 Å². The van der Waals surface area contributed by atoms with E-state index in [9.17, 15) is 0 Å². The molecule has 0 spiro atoms. The van der Waals surface area contributed by atoms with Gasteiger partial charge < -0.3 is 15.0 Å². The van der Waals surface area contributed by atoms with Crippen molar-refractivity contribution in [1.82, 2.24) is 4.98 Å². The molecule has 0 radical (unpaired) electrons. The highest BCUT2D eigenvalue weighted by Crippen LogP contribution is 2.23. The number of nitrogens with one attached hydrogen (secondary N) is 1. The van der Waals surface area contributed by atoms with E-state index in [0.29, 0.717) is 0 Å². The topological polar surface area (TPSA) is 37.4 Å². The number of ether oxygens (including phenoxy) is 1. The molecule has 0 saturated carbocycles. The van der Waals surface area contributed by atoms with Crippen molar-refractivity contribution in [1.29, 1.82) is 0 Å². The predicted octanol–water partition coefficient (Wildman–Crippen LogP) is 3.16. The maximum absolute atomic E-state index is 5.39. The fraction of sp³-hybridized carbons (Fsp3) is 0.312. The van der Waals surface area contributed by atoms with E-state index in [4.69, 9.17) is 4.74 Å². The number of para-hydroxylation sites is 1. The minimum atomic E-state index is 0.779. The van der Waals surface area contributed by atoms with Gasteiger partial charge in [0.2, 0.25) is 0 Å². The average molecular weight is 271 g/mol. The van der Waals surface area contributed by atoms with Crippen molar-refractivity contribution in [2.24, 2.45) is 0 Å². The Labute approximate surface area is 120 Å². The molecule has 0 atom stereocenters. The van der Waals surface area contributed by atoms with Gasteiger partial charge in [0.05, 0.1) is 30.9 Å². The van der Waals surface area contributed by atoms with Crippen LogP contribution < -0.4 is 15.0 Å². The zero-order valence-corrected chi connectivity index (χ0v) is 12.3. The van der Waals surface area contributed by atoms with Gasteiger partial charge in [-0.05, 0) is 19.1 Å². The first kappa shape index (κ1) is 14.2. The van der Waals surface area contributed by atoms with Crippen LogP contribution in [0.1, 0.15) is 12.5 Å². The Bertz CT molecular complexity index is 557. The summed E-state index contributed by atoms with van der Waals surface area (Å²) < 4.78 is 5.39. The number of hydrogen-bond acceptors (Lipinski definition) is 4. The largest absolute Gasteiger partial charge is 0.496 e. The number of aromatic nitrogens is 1. The van der Waals surface area contributed by atoms with E-state index in [1.54, 1.807) is 7.11 Å². The van der Waals surface area contributed by atoms with Gasteiger partial charge in [-0.25, -0.2) is 0 Å². The Kier molecular flexibility index (Phi) is 4.82. The van der Waals surface area contributed by atoms with E-state index in [2.05, 4.69) is 41.3 Å². The number of rotatable bonds is 6. The quantitative estimate of drug-likeness (QED) is 0.875. The van der Waals surface area contributed by atoms with Gasteiger partial charge in [-0.3, -0.25) is 4.98 Å². The lowest BCUT2D eigenvalue weighted by Gasteiger charge is -2.21. The summed E-state index contributed by atoms with van der Waals surface area (Å²) in [5, 5.41) is 3.28. The molecular weight excluding hydrogens is 250 g/mol. The maximum atomic E-state index is 5.39. The number of nitrogens with zero attached hydrogens (tertiary/aromatic N) is 2. The van der Waals surface area contributed by atoms with Gasteiger partial charge >= 0.3 is 0 Å². The molecule has 0 amide bonds. The second kappa shape index (κ2) is 6.80. The highest BCUT2D eigenvalue weighted by molar-refractivity contribution is 5.55. The van der Waals surface area contributed by atoms with Gasteiger partial charge in [-0.1, -0.05) is 18.2 Å². The predicted molar refractivity (Wildman–Crippen MR) is 83.5 cm³/mol. The van der Waals surface area contributed by atoms with Crippen LogP contribution in [0, 0.1) is 0 Å². The molecule has 106 valence electrons. The van der Waals surface area contributed by atoms with E-state index in [1.165, 1.54) is 0 Å². The number of pyridine rings is 1.